The summed E-state index contributed by atoms with van der Waals surface area (Å²) in [6.07, 6.45) is 3.10. The Labute approximate surface area is 130 Å². The third kappa shape index (κ3) is 4.36. The van der Waals surface area contributed by atoms with Crippen LogP contribution in [0.1, 0.15) is 24.2 Å². The van der Waals surface area contributed by atoms with E-state index in [-0.39, 0.29) is 12.1 Å². The molecule has 22 heavy (non-hydrogen) atoms. The molecule has 2 rings (SSSR count). The molecule has 5 nitrogen and oxygen atoms in total. The molecule has 0 bridgehead atoms. The van der Waals surface area contributed by atoms with Gasteiger partial charge >= 0.3 is 6.03 Å². The molecule has 0 aliphatic heterocycles. The number of hydrogen-bond acceptors (Lipinski definition) is 3. The van der Waals surface area contributed by atoms with E-state index in [1.54, 1.807) is 24.5 Å². The molecule has 0 fully saturated rings. The first kappa shape index (κ1) is 16.1. The van der Waals surface area contributed by atoms with Crippen LogP contribution >= 0.6 is 0 Å². The van der Waals surface area contributed by atoms with Gasteiger partial charge in [-0.1, -0.05) is 30.3 Å². The van der Waals surface area contributed by atoms with Crippen LogP contribution in [0.2, 0.25) is 0 Å². The smallest absolute Gasteiger partial charge is 0.317 e. The SMILES string of the molecule is CCN(Cc1ccoc1)C(=O)NCC(OC)c1ccccc1. The molecule has 118 valence electrons. The summed E-state index contributed by atoms with van der Waals surface area (Å²) in [7, 11) is 1.65. The van der Waals surface area contributed by atoms with Gasteiger partial charge in [-0.25, -0.2) is 4.79 Å². The molecule has 1 heterocycles. The Morgan fingerprint density at radius 2 is 2.09 bits per heavy atom. The van der Waals surface area contributed by atoms with Crippen molar-refractivity contribution in [1.82, 2.24) is 10.2 Å². The molecular weight excluding hydrogens is 280 g/mol. The number of amides is 2. The van der Waals surface area contributed by atoms with Crippen molar-refractivity contribution in [3.63, 3.8) is 0 Å². The van der Waals surface area contributed by atoms with Gasteiger partial charge in [0.15, 0.2) is 0 Å². The van der Waals surface area contributed by atoms with Gasteiger partial charge in [0.25, 0.3) is 0 Å². The maximum absolute atomic E-state index is 12.3. The van der Waals surface area contributed by atoms with E-state index >= 15 is 0 Å². The Morgan fingerprint density at radius 1 is 1.32 bits per heavy atom. The highest BCUT2D eigenvalue weighted by atomic mass is 16.5. The topological polar surface area (TPSA) is 54.7 Å². The molecule has 1 unspecified atom stereocenters. The van der Waals surface area contributed by atoms with E-state index < -0.39 is 0 Å². The first-order chi connectivity index (χ1) is 10.7. The molecule has 0 saturated heterocycles. The van der Waals surface area contributed by atoms with Crippen LogP contribution in [0.3, 0.4) is 0 Å². The molecular formula is C17H22N2O3. The summed E-state index contributed by atoms with van der Waals surface area (Å²) in [5.41, 5.74) is 2.02. The van der Waals surface area contributed by atoms with Gasteiger partial charge in [0.2, 0.25) is 0 Å². The summed E-state index contributed by atoms with van der Waals surface area (Å²) in [5.74, 6) is 0. The number of hydrogen-bond donors (Lipinski definition) is 1. The molecule has 2 amide bonds. The maximum atomic E-state index is 12.3. The quantitative estimate of drug-likeness (QED) is 0.854. The Hall–Kier alpha value is -2.27. The lowest BCUT2D eigenvalue weighted by atomic mass is 10.1. The zero-order chi connectivity index (χ0) is 15.8. The van der Waals surface area contributed by atoms with Crippen molar-refractivity contribution in [1.29, 1.82) is 0 Å². The van der Waals surface area contributed by atoms with E-state index in [4.69, 9.17) is 9.15 Å². The summed E-state index contributed by atoms with van der Waals surface area (Å²) in [5, 5.41) is 2.93. The van der Waals surface area contributed by atoms with Crippen LogP contribution < -0.4 is 5.32 Å². The molecule has 0 radical (unpaired) electrons. The highest BCUT2D eigenvalue weighted by Gasteiger charge is 2.16. The average molecular weight is 302 g/mol. The van der Waals surface area contributed by atoms with E-state index in [2.05, 4.69) is 5.32 Å². The minimum absolute atomic E-state index is 0.110. The monoisotopic (exact) mass is 302 g/mol. The number of urea groups is 1. The number of nitrogens with one attached hydrogen (secondary N) is 1. The molecule has 0 saturated carbocycles. The minimum Gasteiger partial charge on any atom is -0.472 e. The van der Waals surface area contributed by atoms with Crippen LogP contribution in [0.5, 0.6) is 0 Å². The summed E-state index contributed by atoms with van der Waals surface area (Å²) in [6, 6.07) is 11.6. The van der Waals surface area contributed by atoms with E-state index in [1.165, 1.54) is 0 Å². The van der Waals surface area contributed by atoms with Gasteiger partial charge in [0.05, 0.1) is 25.2 Å². The Bertz CT molecular complexity index is 555. The van der Waals surface area contributed by atoms with E-state index in [9.17, 15) is 4.79 Å². The number of carbonyl (C=O) groups is 1. The Kier molecular flexibility index (Phi) is 6.03. The van der Waals surface area contributed by atoms with Crippen molar-refractivity contribution in [2.24, 2.45) is 0 Å². The van der Waals surface area contributed by atoms with Crippen LogP contribution in [0, 0.1) is 0 Å². The van der Waals surface area contributed by atoms with Crippen molar-refractivity contribution in [2.45, 2.75) is 19.6 Å². The molecule has 1 aromatic carbocycles. The number of methoxy groups -OCH3 is 1. The second kappa shape index (κ2) is 8.24. The summed E-state index contributed by atoms with van der Waals surface area (Å²) in [4.78, 5) is 14.0. The van der Waals surface area contributed by atoms with Gasteiger partial charge in [0, 0.05) is 25.8 Å². The fraction of sp³-hybridized carbons (Fsp3) is 0.353. The molecule has 2 aromatic rings. The molecule has 1 aromatic heterocycles. The third-order valence-electron chi connectivity index (χ3n) is 3.52. The number of carbonyl (C=O) groups excluding carboxylic acids is 1. The zero-order valence-electron chi connectivity index (χ0n) is 13.0. The average Bonchev–Trinajstić information content (AvgIpc) is 3.07. The first-order valence-electron chi connectivity index (χ1n) is 7.36. The van der Waals surface area contributed by atoms with Crippen LogP contribution in [-0.4, -0.2) is 31.1 Å². The standard InChI is InChI=1S/C17H22N2O3/c1-3-19(12-14-9-10-22-13-14)17(20)18-11-16(21-2)15-7-5-4-6-8-15/h4-10,13,16H,3,11-12H2,1-2H3,(H,18,20). The number of benzene rings is 1. The van der Waals surface area contributed by atoms with Crippen molar-refractivity contribution in [3.8, 4) is 0 Å². The largest absolute Gasteiger partial charge is 0.472 e. The van der Waals surface area contributed by atoms with Crippen molar-refractivity contribution >= 4 is 6.03 Å². The highest BCUT2D eigenvalue weighted by molar-refractivity contribution is 5.74. The van der Waals surface area contributed by atoms with Crippen LogP contribution in [0.4, 0.5) is 4.79 Å². The predicted molar refractivity (Wildman–Crippen MR) is 84.4 cm³/mol. The van der Waals surface area contributed by atoms with E-state index in [0.29, 0.717) is 19.6 Å². The molecule has 0 aliphatic rings. The predicted octanol–water partition coefficient (Wildman–Crippen LogP) is 3.20. The highest BCUT2D eigenvalue weighted by Crippen LogP contribution is 2.15. The second-order valence-electron chi connectivity index (χ2n) is 4.97. The lowest BCUT2D eigenvalue weighted by Crippen LogP contribution is -2.41. The number of nitrogens with zero attached hydrogens (tertiary/aromatic N) is 1. The number of ether oxygens (including phenoxy) is 1. The van der Waals surface area contributed by atoms with E-state index in [0.717, 1.165) is 11.1 Å². The van der Waals surface area contributed by atoms with Gasteiger partial charge in [-0.3, -0.25) is 0 Å². The lowest BCUT2D eigenvalue weighted by Gasteiger charge is -2.23. The summed E-state index contributed by atoms with van der Waals surface area (Å²) in [6.45, 7) is 3.54. The fourth-order valence-electron chi connectivity index (χ4n) is 2.23. The molecule has 1 atom stereocenters. The molecule has 1 N–H and O–H groups in total. The summed E-state index contributed by atoms with van der Waals surface area (Å²) < 4.78 is 10.5. The molecule has 0 spiro atoms. The van der Waals surface area contributed by atoms with Crippen molar-refractivity contribution < 1.29 is 13.9 Å². The van der Waals surface area contributed by atoms with Crippen LogP contribution in [-0.2, 0) is 11.3 Å². The van der Waals surface area contributed by atoms with Gasteiger partial charge in [-0.2, -0.15) is 0 Å². The number of rotatable bonds is 7. The van der Waals surface area contributed by atoms with E-state index in [1.807, 2.05) is 43.3 Å². The van der Waals surface area contributed by atoms with Gasteiger partial charge in [-0.15, -0.1) is 0 Å². The molecule has 5 heteroatoms. The number of furan rings is 1. The second-order valence-corrected chi connectivity index (χ2v) is 4.97. The normalized spacial score (nSPS) is 11.9. The fourth-order valence-corrected chi connectivity index (χ4v) is 2.23. The lowest BCUT2D eigenvalue weighted by molar-refractivity contribution is 0.101. The first-order valence-corrected chi connectivity index (χ1v) is 7.36. The van der Waals surface area contributed by atoms with Crippen molar-refractivity contribution in [2.75, 3.05) is 20.2 Å². The minimum atomic E-state index is -0.155. The molecule has 0 aliphatic carbocycles. The van der Waals surface area contributed by atoms with Gasteiger partial charge in [0.1, 0.15) is 0 Å². The van der Waals surface area contributed by atoms with Crippen LogP contribution in [0.25, 0.3) is 0 Å². The third-order valence-corrected chi connectivity index (χ3v) is 3.52. The van der Waals surface area contributed by atoms with Crippen LogP contribution in [0.15, 0.2) is 53.3 Å². The Balaban J connectivity index is 1.89. The summed E-state index contributed by atoms with van der Waals surface area (Å²) >= 11 is 0. The zero-order valence-corrected chi connectivity index (χ0v) is 13.0. The van der Waals surface area contributed by atoms with Gasteiger partial charge in [-0.05, 0) is 18.6 Å². The van der Waals surface area contributed by atoms with Gasteiger partial charge < -0.3 is 19.4 Å². The van der Waals surface area contributed by atoms with Crippen molar-refractivity contribution in [3.05, 3.63) is 60.1 Å². The Morgan fingerprint density at radius 3 is 2.68 bits per heavy atom. The maximum Gasteiger partial charge on any atom is 0.317 e.